The minimum Gasteiger partial charge on any atom is -0.456 e. The van der Waals surface area contributed by atoms with E-state index in [9.17, 15) is 0 Å². The second-order valence-corrected chi connectivity index (χ2v) is 10.8. The van der Waals surface area contributed by atoms with Gasteiger partial charge in [-0.1, -0.05) is 91.0 Å². The van der Waals surface area contributed by atoms with Gasteiger partial charge in [-0.25, -0.2) is 15.0 Å². The molecule has 0 aliphatic carbocycles. The molecule has 0 radical (unpaired) electrons. The van der Waals surface area contributed by atoms with E-state index < -0.39 is 0 Å². The van der Waals surface area contributed by atoms with E-state index in [1.807, 2.05) is 60.7 Å². The van der Waals surface area contributed by atoms with Crippen LogP contribution in [0.2, 0.25) is 0 Å². The number of nitrogens with zero attached hydrogens (tertiary/aromatic N) is 3. The maximum Gasteiger partial charge on any atom is 0.164 e. The number of aromatic nitrogens is 3. The summed E-state index contributed by atoms with van der Waals surface area (Å²) in [6, 6.07) is 43.4. The summed E-state index contributed by atoms with van der Waals surface area (Å²) in [7, 11) is 0. The van der Waals surface area contributed by atoms with Crippen LogP contribution in [0, 0.1) is 0 Å². The first kappa shape index (κ1) is 22.8. The second kappa shape index (κ2) is 9.26. The van der Waals surface area contributed by atoms with Crippen LogP contribution in [-0.2, 0) is 0 Å². The van der Waals surface area contributed by atoms with Crippen molar-refractivity contribution in [3.05, 3.63) is 127 Å². The van der Waals surface area contributed by atoms with Crippen LogP contribution < -0.4 is 0 Å². The van der Waals surface area contributed by atoms with Crippen LogP contribution in [0.25, 0.3) is 76.6 Å². The highest BCUT2D eigenvalue weighted by molar-refractivity contribution is 7.25. The number of furan rings is 1. The Morgan fingerprint density at radius 3 is 1.85 bits per heavy atom. The van der Waals surface area contributed by atoms with Crippen molar-refractivity contribution in [3.63, 3.8) is 0 Å². The quantitative estimate of drug-likeness (QED) is 0.227. The second-order valence-electron chi connectivity index (χ2n) is 9.71. The molecule has 0 fully saturated rings. The molecular weight excluding hydrogens is 510 g/mol. The Labute approximate surface area is 234 Å². The number of thiophene rings is 1. The van der Waals surface area contributed by atoms with E-state index >= 15 is 0 Å². The Hall–Kier alpha value is -5.13. The molecular formula is C35H21N3OS. The lowest BCUT2D eigenvalue weighted by molar-refractivity contribution is 0.631. The third kappa shape index (κ3) is 3.96. The summed E-state index contributed by atoms with van der Waals surface area (Å²) >= 11 is 1.81. The Balaban J connectivity index is 1.25. The first-order valence-corrected chi connectivity index (χ1v) is 13.9. The summed E-state index contributed by atoms with van der Waals surface area (Å²) < 4.78 is 8.60. The molecule has 0 spiro atoms. The molecule has 3 aromatic heterocycles. The highest BCUT2D eigenvalue weighted by atomic mass is 32.1. The van der Waals surface area contributed by atoms with E-state index in [0.29, 0.717) is 17.5 Å². The first-order valence-electron chi connectivity index (χ1n) is 13.1. The number of hydrogen-bond donors (Lipinski definition) is 0. The molecule has 5 aromatic carbocycles. The third-order valence-corrected chi connectivity index (χ3v) is 8.31. The van der Waals surface area contributed by atoms with E-state index in [2.05, 4.69) is 66.7 Å². The Morgan fingerprint density at radius 2 is 1.05 bits per heavy atom. The topological polar surface area (TPSA) is 51.8 Å². The predicted molar refractivity (Wildman–Crippen MR) is 164 cm³/mol. The molecule has 0 saturated heterocycles. The molecule has 188 valence electrons. The van der Waals surface area contributed by atoms with Crippen LogP contribution in [0.3, 0.4) is 0 Å². The van der Waals surface area contributed by atoms with Crippen molar-refractivity contribution in [2.45, 2.75) is 0 Å². The molecule has 0 bridgehead atoms. The minimum absolute atomic E-state index is 0.635. The van der Waals surface area contributed by atoms with E-state index in [1.54, 1.807) is 11.3 Å². The van der Waals surface area contributed by atoms with E-state index in [-0.39, 0.29) is 0 Å². The molecule has 0 amide bonds. The molecule has 5 heteroatoms. The van der Waals surface area contributed by atoms with Gasteiger partial charge in [-0.3, -0.25) is 0 Å². The van der Waals surface area contributed by atoms with Crippen LogP contribution in [0.4, 0.5) is 0 Å². The summed E-state index contributed by atoms with van der Waals surface area (Å²) in [5.74, 6) is 2.78. The zero-order valence-corrected chi connectivity index (χ0v) is 22.1. The zero-order chi connectivity index (χ0) is 26.5. The molecule has 40 heavy (non-hydrogen) atoms. The fraction of sp³-hybridized carbons (Fsp3) is 0. The largest absolute Gasteiger partial charge is 0.456 e. The summed E-state index contributed by atoms with van der Waals surface area (Å²) in [6.07, 6.45) is 0. The molecule has 0 unspecified atom stereocenters. The van der Waals surface area contributed by atoms with E-state index in [1.165, 1.54) is 20.2 Å². The van der Waals surface area contributed by atoms with Gasteiger partial charge >= 0.3 is 0 Å². The molecule has 8 rings (SSSR count). The molecule has 0 aliphatic heterocycles. The van der Waals surface area contributed by atoms with Crippen LogP contribution >= 0.6 is 11.3 Å². The van der Waals surface area contributed by atoms with Crippen molar-refractivity contribution >= 4 is 42.5 Å². The third-order valence-electron chi connectivity index (χ3n) is 7.16. The smallest absolute Gasteiger partial charge is 0.164 e. The standard InChI is InChI=1S/C35H21N3OS/c1-2-8-23(9-3-1)33-36-34(24-16-14-22(15-17-24)30-21-25-10-4-6-12-29(25)39-30)38-35(37-33)26-18-19-32-28(20-26)27-11-5-7-13-31(27)40-32/h1-21H. The zero-order valence-electron chi connectivity index (χ0n) is 21.3. The van der Waals surface area contributed by atoms with E-state index in [4.69, 9.17) is 19.4 Å². The van der Waals surface area contributed by atoms with Gasteiger partial charge in [0.25, 0.3) is 0 Å². The summed E-state index contributed by atoms with van der Waals surface area (Å²) in [4.78, 5) is 14.8. The van der Waals surface area contributed by atoms with Crippen molar-refractivity contribution in [1.82, 2.24) is 15.0 Å². The van der Waals surface area contributed by atoms with Gasteiger partial charge in [0.1, 0.15) is 11.3 Å². The summed E-state index contributed by atoms with van der Waals surface area (Å²) in [6.45, 7) is 0. The van der Waals surface area contributed by atoms with Gasteiger partial charge < -0.3 is 4.42 Å². The normalized spacial score (nSPS) is 11.5. The Bertz CT molecular complexity index is 2130. The van der Waals surface area contributed by atoms with Gasteiger partial charge in [-0.15, -0.1) is 11.3 Å². The monoisotopic (exact) mass is 531 g/mol. The van der Waals surface area contributed by atoms with Gasteiger partial charge in [0.2, 0.25) is 0 Å². The van der Waals surface area contributed by atoms with Gasteiger partial charge in [0.05, 0.1) is 0 Å². The lowest BCUT2D eigenvalue weighted by Crippen LogP contribution is -2.00. The van der Waals surface area contributed by atoms with Crippen molar-refractivity contribution in [2.75, 3.05) is 0 Å². The molecule has 3 heterocycles. The van der Waals surface area contributed by atoms with Gasteiger partial charge in [0, 0.05) is 47.8 Å². The van der Waals surface area contributed by atoms with Crippen molar-refractivity contribution in [3.8, 4) is 45.5 Å². The van der Waals surface area contributed by atoms with Crippen molar-refractivity contribution < 1.29 is 4.42 Å². The highest BCUT2D eigenvalue weighted by Crippen LogP contribution is 2.36. The van der Waals surface area contributed by atoms with Gasteiger partial charge in [-0.05, 0) is 36.4 Å². The highest BCUT2D eigenvalue weighted by Gasteiger charge is 2.14. The van der Waals surface area contributed by atoms with Gasteiger partial charge in [0.15, 0.2) is 17.5 Å². The maximum atomic E-state index is 6.07. The summed E-state index contributed by atoms with van der Waals surface area (Å²) in [5, 5.41) is 3.56. The fourth-order valence-electron chi connectivity index (χ4n) is 5.12. The maximum absolute atomic E-state index is 6.07. The van der Waals surface area contributed by atoms with Crippen molar-refractivity contribution in [2.24, 2.45) is 0 Å². The number of hydrogen-bond acceptors (Lipinski definition) is 5. The van der Waals surface area contributed by atoms with Crippen molar-refractivity contribution in [1.29, 1.82) is 0 Å². The molecule has 0 aliphatic rings. The van der Waals surface area contributed by atoms with Crippen LogP contribution in [0.15, 0.2) is 132 Å². The Morgan fingerprint density at radius 1 is 0.450 bits per heavy atom. The molecule has 0 N–H and O–H groups in total. The molecule has 8 aromatic rings. The van der Waals surface area contributed by atoms with Crippen LogP contribution in [-0.4, -0.2) is 15.0 Å². The number of fused-ring (bicyclic) bond motifs is 4. The number of para-hydroxylation sites is 1. The average molecular weight is 532 g/mol. The Kier molecular flexibility index (Phi) is 5.28. The predicted octanol–water partition coefficient (Wildman–Crippen LogP) is 9.65. The lowest BCUT2D eigenvalue weighted by Gasteiger charge is -2.09. The van der Waals surface area contributed by atoms with Crippen LogP contribution in [0.5, 0.6) is 0 Å². The SMILES string of the molecule is c1ccc(-c2nc(-c3ccc(-c4cc5ccccc5o4)cc3)nc(-c3ccc4sc5ccccc5c4c3)n2)cc1. The summed E-state index contributed by atoms with van der Waals surface area (Å²) in [5.41, 5.74) is 4.73. The first-order chi connectivity index (χ1) is 19.8. The fourth-order valence-corrected chi connectivity index (χ4v) is 6.21. The molecule has 4 nitrogen and oxygen atoms in total. The van der Waals surface area contributed by atoms with E-state index in [0.717, 1.165) is 39.0 Å². The number of rotatable bonds is 4. The van der Waals surface area contributed by atoms with Crippen LogP contribution in [0.1, 0.15) is 0 Å². The average Bonchev–Trinajstić information content (AvgIpc) is 3.63. The minimum atomic E-state index is 0.635. The lowest BCUT2D eigenvalue weighted by atomic mass is 10.1. The molecule has 0 atom stereocenters. The van der Waals surface area contributed by atoms with Gasteiger partial charge in [-0.2, -0.15) is 0 Å². The molecule has 0 saturated carbocycles. The number of benzene rings is 5.